The van der Waals surface area contributed by atoms with Gasteiger partial charge in [-0.1, -0.05) is 19.1 Å². The lowest BCUT2D eigenvalue weighted by molar-refractivity contribution is 0.372. The van der Waals surface area contributed by atoms with Gasteiger partial charge in [0.2, 0.25) is 5.13 Å². The minimum atomic E-state index is 0. The molecule has 1 aromatic carbocycles. The molecular weight excluding hydrogens is 499 g/mol. The van der Waals surface area contributed by atoms with E-state index in [2.05, 4.69) is 50.5 Å². The van der Waals surface area contributed by atoms with E-state index in [1.807, 2.05) is 12.1 Å². The standard InChI is InChI=1S/C20H30N6OS.HI/c1-4-18-23-20(28-24-18)26-14-12-25(13-15-26)19(21-5-2)22-11-10-16-6-8-17(27-3)9-7-16;/h6-9H,4-5,10-15H2,1-3H3,(H,21,22);1H. The smallest absolute Gasteiger partial charge is 0.205 e. The molecule has 0 spiro atoms. The van der Waals surface area contributed by atoms with Crippen LogP contribution >= 0.6 is 35.5 Å². The number of aromatic nitrogens is 2. The molecule has 2 aromatic rings. The summed E-state index contributed by atoms with van der Waals surface area (Å²) in [5.41, 5.74) is 1.27. The van der Waals surface area contributed by atoms with Crippen molar-refractivity contribution in [3.8, 4) is 5.75 Å². The highest BCUT2D eigenvalue weighted by Gasteiger charge is 2.21. The van der Waals surface area contributed by atoms with Crippen molar-refractivity contribution in [2.45, 2.75) is 26.7 Å². The van der Waals surface area contributed by atoms with Crippen molar-refractivity contribution in [1.29, 1.82) is 0 Å². The van der Waals surface area contributed by atoms with Gasteiger partial charge < -0.3 is 19.9 Å². The van der Waals surface area contributed by atoms with Gasteiger partial charge in [0, 0.05) is 57.2 Å². The Bertz CT molecular complexity index is 759. The fourth-order valence-corrected chi connectivity index (χ4v) is 3.94. The van der Waals surface area contributed by atoms with Gasteiger partial charge in [-0.2, -0.15) is 4.37 Å². The van der Waals surface area contributed by atoms with Crippen molar-refractivity contribution in [2.24, 2.45) is 4.99 Å². The SMILES string of the molecule is CCNC(=NCCc1ccc(OC)cc1)N1CCN(c2nc(CC)ns2)CC1.I. The number of anilines is 1. The van der Waals surface area contributed by atoms with Crippen LogP contribution in [0.15, 0.2) is 29.3 Å². The largest absolute Gasteiger partial charge is 0.497 e. The third kappa shape index (κ3) is 6.70. The molecule has 0 unspecified atom stereocenters. The van der Waals surface area contributed by atoms with E-state index in [1.165, 1.54) is 17.1 Å². The first-order chi connectivity index (χ1) is 13.7. The quantitative estimate of drug-likeness (QED) is 0.338. The highest BCUT2D eigenvalue weighted by molar-refractivity contribution is 14.0. The number of guanidine groups is 1. The lowest BCUT2D eigenvalue weighted by Crippen LogP contribution is -2.52. The van der Waals surface area contributed by atoms with Crippen LogP contribution < -0.4 is 15.0 Å². The minimum Gasteiger partial charge on any atom is -0.497 e. The number of rotatable bonds is 7. The molecule has 1 saturated heterocycles. The Kier molecular flexibility index (Phi) is 9.92. The second-order valence-corrected chi connectivity index (χ2v) is 7.38. The number of hydrogen-bond donors (Lipinski definition) is 1. The van der Waals surface area contributed by atoms with Crippen LogP contribution in [0.2, 0.25) is 0 Å². The Morgan fingerprint density at radius 1 is 1.17 bits per heavy atom. The molecular formula is C20H31IN6OS. The average Bonchev–Trinajstić information content (AvgIpc) is 3.23. The van der Waals surface area contributed by atoms with Crippen LogP contribution in [0.25, 0.3) is 0 Å². The summed E-state index contributed by atoms with van der Waals surface area (Å²) in [5, 5.41) is 4.48. The number of halogens is 1. The van der Waals surface area contributed by atoms with Crippen LogP contribution in [0, 0.1) is 0 Å². The molecule has 1 aliphatic rings. The Labute approximate surface area is 194 Å². The molecule has 0 amide bonds. The van der Waals surface area contributed by atoms with Crippen molar-refractivity contribution in [1.82, 2.24) is 19.6 Å². The molecule has 7 nitrogen and oxygen atoms in total. The summed E-state index contributed by atoms with van der Waals surface area (Å²) >= 11 is 1.51. The number of aryl methyl sites for hydroxylation is 1. The second kappa shape index (κ2) is 12.2. The zero-order chi connectivity index (χ0) is 19.8. The van der Waals surface area contributed by atoms with Crippen molar-refractivity contribution >= 4 is 46.6 Å². The highest BCUT2D eigenvalue weighted by Crippen LogP contribution is 2.19. The Balaban J connectivity index is 0.00000300. The lowest BCUT2D eigenvalue weighted by Gasteiger charge is -2.36. The maximum absolute atomic E-state index is 5.22. The van der Waals surface area contributed by atoms with Gasteiger partial charge in [-0.15, -0.1) is 24.0 Å². The van der Waals surface area contributed by atoms with Gasteiger partial charge in [0.25, 0.3) is 0 Å². The van der Waals surface area contributed by atoms with E-state index < -0.39 is 0 Å². The summed E-state index contributed by atoms with van der Waals surface area (Å²) in [6, 6.07) is 8.21. The van der Waals surface area contributed by atoms with E-state index in [0.717, 1.165) is 74.8 Å². The van der Waals surface area contributed by atoms with E-state index in [4.69, 9.17) is 9.73 Å². The summed E-state index contributed by atoms with van der Waals surface area (Å²) in [6.45, 7) is 9.62. The molecule has 160 valence electrons. The fourth-order valence-electron chi connectivity index (χ4n) is 3.14. The highest BCUT2D eigenvalue weighted by atomic mass is 127. The molecule has 0 saturated carbocycles. The molecule has 1 aliphatic heterocycles. The van der Waals surface area contributed by atoms with Crippen LogP contribution in [-0.2, 0) is 12.8 Å². The van der Waals surface area contributed by atoms with Gasteiger partial charge >= 0.3 is 0 Å². The first kappa shape index (κ1) is 23.7. The van der Waals surface area contributed by atoms with Crippen LogP contribution in [0.5, 0.6) is 5.75 Å². The predicted molar refractivity (Wildman–Crippen MR) is 131 cm³/mol. The number of nitrogens with one attached hydrogen (secondary N) is 1. The number of nitrogens with zero attached hydrogens (tertiary/aromatic N) is 5. The molecule has 3 rings (SSSR count). The number of benzene rings is 1. The number of ether oxygens (including phenoxy) is 1. The maximum Gasteiger partial charge on any atom is 0.205 e. The summed E-state index contributed by atoms with van der Waals surface area (Å²) < 4.78 is 9.62. The Hall–Kier alpha value is -1.62. The molecule has 9 heteroatoms. The number of hydrogen-bond acceptors (Lipinski definition) is 6. The fraction of sp³-hybridized carbons (Fsp3) is 0.550. The summed E-state index contributed by atoms with van der Waals surface area (Å²) in [5.74, 6) is 2.83. The monoisotopic (exact) mass is 530 g/mol. The first-order valence-electron chi connectivity index (χ1n) is 9.97. The molecule has 2 heterocycles. The molecule has 0 atom stereocenters. The summed E-state index contributed by atoms with van der Waals surface area (Å²) in [6.07, 6.45) is 1.81. The van der Waals surface area contributed by atoms with Gasteiger partial charge in [-0.25, -0.2) is 4.98 Å². The molecule has 1 fully saturated rings. The van der Waals surface area contributed by atoms with E-state index in [-0.39, 0.29) is 24.0 Å². The third-order valence-corrected chi connectivity index (χ3v) is 5.59. The van der Waals surface area contributed by atoms with E-state index >= 15 is 0 Å². The second-order valence-electron chi connectivity index (χ2n) is 6.65. The summed E-state index contributed by atoms with van der Waals surface area (Å²) in [7, 11) is 1.69. The van der Waals surface area contributed by atoms with Crippen LogP contribution in [0.4, 0.5) is 5.13 Å². The van der Waals surface area contributed by atoms with Crippen molar-refractivity contribution < 1.29 is 4.74 Å². The molecule has 29 heavy (non-hydrogen) atoms. The number of aliphatic imine (C=N–C) groups is 1. The Morgan fingerprint density at radius 2 is 1.90 bits per heavy atom. The van der Waals surface area contributed by atoms with Crippen LogP contribution in [0.1, 0.15) is 25.2 Å². The van der Waals surface area contributed by atoms with Crippen LogP contribution in [0.3, 0.4) is 0 Å². The lowest BCUT2D eigenvalue weighted by atomic mass is 10.1. The number of methoxy groups -OCH3 is 1. The topological polar surface area (TPSA) is 65.9 Å². The number of piperazine rings is 1. The van der Waals surface area contributed by atoms with Crippen molar-refractivity contribution in [3.05, 3.63) is 35.7 Å². The van der Waals surface area contributed by atoms with Gasteiger partial charge in [0.05, 0.1) is 7.11 Å². The van der Waals surface area contributed by atoms with Crippen molar-refractivity contribution in [3.63, 3.8) is 0 Å². The van der Waals surface area contributed by atoms with E-state index in [0.29, 0.717) is 0 Å². The van der Waals surface area contributed by atoms with Gasteiger partial charge in [0.1, 0.15) is 11.6 Å². The normalized spacial score (nSPS) is 14.5. The van der Waals surface area contributed by atoms with Crippen LogP contribution in [-0.4, -0.2) is 66.6 Å². The van der Waals surface area contributed by atoms with Gasteiger partial charge in [-0.05, 0) is 31.0 Å². The van der Waals surface area contributed by atoms with Crippen molar-refractivity contribution in [2.75, 3.05) is 51.3 Å². The molecule has 0 bridgehead atoms. The van der Waals surface area contributed by atoms with Gasteiger partial charge in [-0.3, -0.25) is 4.99 Å². The first-order valence-corrected chi connectivity index (χ1v) is 10.7. The van der Waals surface area contributed by atoms with E-state index in [9.17, 15) is 0 Å². The zero-order valence-electron chi connectivity index (χ0n) is 17.4. The minimum absolute atomic E-state index is 0. The van der Waals surface area contributed by atoms with E-state index in [1.54, 1.807) is 7.11 Å². The maximum atomic E-state index is 5.22. The molecule has 0 aliphatic carbocycles. The Morgan fingerprint density at radius 3 is 2.48 bits per heavy atom. The zero-order valence-corrected chi connectivity index (χ0v) is 20.6. The molecule has 1 N–H and O–H groups in total. The molecule has 1 aromatic heterocycles. The molecule has 0 radical (unpaired) electrons. The average molecular weight is 530 g/mol. The third-order valence-electron chi connectivity index (χ3n) is 4.78. The summed E-state index contributed by atoms with van der Waals surface area (Å²) in [4.78, 5) is 14.1. The van der Waals surface area contributed by atoms with Gasteiger partial charge in [0.15, 0.2) is 5.96 Å². The predicted octanol–water partition coefficient (Wildman–Crippen LogP) is 3.06.